The van der Waals surface area contributed by atoms with Crippen LogP contribution >= 0.6 is 0 Å². The maximum atomic E-state index is 12.9. The number of benzene rings is 3. The van der Waals surface area contributed by atoms with E-state index in [0.717, 1.165) is 22.3 Å². The molecule has 0 fully saturated rings. The smallest absolute Gasteiger partial charge is 0.407 e. The fourth-order valence-electron chi connectivity index (χ4n) is 4.30. The maximum absolute atomic E-state index is 12.9. The van der Waals surface area contributed by atoms with Gasteiger partial charge in [-0.05, 0) is 53.3 Å². The first-order chi connectivity index (χ1) is 17.0. The highest BCUT2D eigenvalue weighted by Gasteiger charge is 2.29. The summed E-state index contributed by atoms with van der Waals surface area (Å²) in [5.41, 5.74) is 4.83. The quantitative estimate of drug-likeness (QED) is 0.373. The van der Waals surface area contributed by atoms with Crippen LogP contribution in [0.25, 0.3) is 11.1 Å². The fraction of sp³-hybridized carbons (Fsp3) is 0.179. The van der Waals surface area contributed by atoms with Crippen molar-refractivity contribution < 1.29 is 24.2 Å². The van der Waals surface area contributed by atoms with Crippen LogP contribution in [0.3, 0.4) is 0 Å². The molecule has 0 saturated heterocycles. The summed E-state index contributed by atoms with van der Waals surface area (Å²) in [6.45, 7) is 3.81. The highest BCUT2D eigenvalue weighted by atomic mass is 16.5. The van der Waals surface area contributed by atoms with Crippen LogP contribution in [-0.2, 0) is 9.53 Å². The molecular weight excluding hydrogens is 444 g/mol. The van der Waals surface area contributed by atoms with Crippen LogP contribution in [0.4, 0.5) is 10.5 Å². The number of allylic oxidation sites excluding steroid dienone is 1. The number of rotatable bonds is 9. The average Bonchev–Trinajstić information content (AvgIpc) is 3.19. The molecule has 3 aromatic carbocycles. The van der Waals surface area contributed by atoms with E-state index in [2.05, 4.69) is 29.3 Å². The molecule has 7 nitrogen and oxygen atoms in total. The highest BCUT2D eigenvalue weighted by molar-refractivity contribution is 5.98. The SMILES string of the molecule is C=CCCC(NC(=O)OCC1c2ccccc2-c2ccccc21)C(=O)Nc1cccc(C(=O)O)c1. The number of aromatic carboxylic acids is 1. The Morgan fingerprint density at radius 1 is 0.971 bits per heavy atom. The van der Waals surface area contributed by atoms with Gasteiger partial charge in [0.1, 0.15) is 12.6 Å². The predicted molar refractivity (Wildman–Crippen MR) is 133 cm³/mol. The van der Waals surface area contributed by atoms with Gasteiger partial charge in [-0.15, -0.1) is 6.58 Å². The molecule has 1 atom stereocenters. The second-order valence-corrected chi connectivity index (χ2v) is 8.26. The standard InChI is InChI=1S/C28H26N2O5/c1-2-3-15-25(26(31)29-19-10-8-9-18(16-19)27(32)33)30-28(34)35-17-24-22-13-6-4-11-20(22)21-12-5-7-14-23(21)24/h2,4-14,16,24-25H,1,3,15,17H2,(H,29,31)(H,30,34)(H,32,33). The van der Waals surface area contributed by atoms with Gasteiger partial charge in [-0.3, -0.25) is 4.79 Å². The Labute approximate surface area is 203 Å². The van der Waals surface area contributed by atoms with E-state index >= 15 is 0 Å². The summed E-state index contributed by atoms with van der Waals surface area (Å²) >= 11 is 0. The zero-order valence-electron chi connectivity index (χ0n) is 19.1. The topological polar surface area (TPSA) is 105 Å². The lowest BCUT2D eigenvalue weighted by molar-refractivity contribution is -0.118. The van der Waals surface area contributed by atoms with Crippen LogP contribution in [0.2, 0.25) is 0 Å². The van der Waals surface area contributed by atoms with Crippen LogP contribution in [0.5, 0.6) is 0 Å². The van der Waals surface area contributed by atoms with Crippen molar-refractivity contribution in [1.82, 2.24) is 5.32 Å². The molecular formula is C28H26N2O5. The van der Waals surface area contributed by atoms with E-state index < -0.39 is 24.0 Å². The first-order valence-electron chi connectivity index (χ1n) is 11.3. The normalized spacial score (nSPS) is 12.7. The van der Waals surface area contributed by atoms with Gasteiger partial charge >= 0.3 is 12.1 Å². The van der Waals surface area contributed by atoms with Gasteiger partial charge in [0.2, 0.25) is 5.91 Å². The number of carbonyl (C=O) groups is 3. The van der Waals surface area contributed by atoms with Crippen LogP contribution in [-0.4, -0.2) is 35.7 Å². The van der Waals surface area contributed by atoms with Gasteiger partial charge in [0.15, 0.2) is 0 Å². The summed E-state index contributed by atoms with van der Waals surface area (Å²) in [6, 6.07) is 21.1. The number of carbonyl (C=O) groups excluding carboxylic acids is 2. The molecule has 0 spiro atoms. The molecule has 0 saturated carbocycles. The predicted octanol–water partition coefficient (Wildman–Crippen LogP) is 5.20. The van der Waals surface area contributed by atoms with E-state index in [9.17, 15) is 14.4 Å². The Balaban J connectivity index is 1.42. The van der Waals surface area contributed by atoms with E-state index in [1.165, 1.54) is 18.2 Å². The molecule has 4 rings (SSSR count). The molecule has 178 valence electrons. The number of carboxylic acids is 1. The molecule has 0 aromatic heterocycles. The number of anilines is 1. The monoisotopic (exact) mass is 470 g/mol. The fourth-order valence-corrected chi connectivity index (χ4v) is 4.30. The van der Waals surface area contributed by atoms with Crippen molar-refractivity contribution in [3.8, 4) is 11.1 Å². The molecule has 2 amide bonds. The van der Waals surface area contributed by atoms with Crippen LogP contribution in [0.1, 0.15) is 40.2 Å². The third kappa shape index (κ3) is 5.41. The van der Waals surface area contributed by atoms with Crippen molar-refractivity contribution in [2.75, 3.05) is 11.9 Å². The van der Waals surface area contributed by atoms with Gasteiger partial charge in [0.05, 0.1) is 5.56 Å². The summed E-state index contributed by atoms with van der Waals surface area (Å²) in [5.74, 6) is -1.66. The third-order valence-electron chi connectivity index (χ3n) is 5.99. The molecule has 1 aliphatic carbocycles. The lowest BCUT2D eigenvalue weighted by Gasteiger charge is -2.19. The Bertz CT molecular complexity index is 1220. The van der Waals surface area contributed by atoms with E-state index in [-0.39, 0.29) is 18.1 Å². The lowest BCUT2D eigenvalue weighted by atomic mass is 9.98. The summed E-state index contributed by atoms with van der Waals surface area (Å²) in [7, 11) is 0. The first-order valence-corrected chi connectivity index (χ1v) is 11.3. The number of carboxylic acid groups (broad SMARTS) is 1. The number of hydrogen-bond acceptors (Lipinski definition) is 4. The molecule has 1 unspecified atom stereocenters. The third-order valence-corrected chi connectivity index (χ3v) is 5.99. The number of nitrogens with one attached hydrogen (secondary N) is 2. The molecule has 0 heterocycles. The van der Waals surface area contributed by atoms with Gasteiger partial charge < -0.3 is 20.5 Å². The Morgan fingerprint density at radius 3 is 2.26 bits per heavy atom. The minimum atomic E-state index is -1.10. The summed E-state index contributed by atoms with van der Waals surface area (Å²) in [4.78, 5) is 36.7. The minimum Gasteiger partial charge on any atom is -0.478 e. The molecule has 35 heavy (non-hydrogen) atoms. The molecule has 0 bridgehead atoms. The number of fused-ring (bicyclic) bond motifs is 3. The Hall–Kier alpha value is -4.39. The van der Waals surface area contributed by atoms with Crippen LogP contribution in [0.15, 0.2) is 85.5 Å². The Morgan fingerprint density at radius 2 is 1.63 bits per heavy atom. The van der Waals surface area contributed by atoms with Crippen molar-refractivity contribution in [2.45, 2.75) is 24.8 Å². The highest BCUT2D eigenvalue weighted by Crippen LogP contribution is 2.44. The molecule has 0 aliphatic heterocycles. The number of alkyl carbamates (subject to hydrolysis) is 1. The van der Waals surface area contributed by atoms with E-state index in [4.69, 9.17) is 9.84 Å². The molecule has 1 aliphatic rings. The number of amides is 2. The van der Waals surface area contributed by atoms with Crippen molar-refractivity contribution >= 4 is 23.7 Å². The van der Waals surface area contributed by atoms with Gasteiger partial charge in [-0.25, -0.2) is 9.59 Å². The molecule has 7 heteroatoms. The van der Waals surface area contributed by atoms with Crippen molar-refractivity contribution in [1.29, 1.82) is 0 Å². The Kier molecular flexibility index (Phi) is 7.26. The summed E-state index contributed by atoms with van der Waals surface area (Å²) in [5, 5.41) is 14.5. The van der Waals surface area contributed by atoms with Crippen LogP contribution in [0, 0.1) is 0 Å². The zero-order chi connectivity index (χ0) is 24.8. The maximum Gasteiger partial charge on any atom is 0.407 e. The molecule has 0 radical (unpaired) electrons. The lowest BCUT2D eigenvalue weighted by Crippen LogP contribution is -2.44. The zero-order valence-corrected chi connectivity index (χ0v) is 19.1. The van der Waals surface area contributed by atoms with Gasteiger partial charge in [0, 0.05) is 11.6 Å². The average molecular weight is 471 g/mol. The largest absolute Gasteiger partial charge is 0.478 e. The van der Waals surface area contributed by atoms with Gasteiger partial charge in [-0.1, -0.05) is 60.7 Å². The first kappa shape index (κ1) is 23.8. The second-order valence-electron chi connectivity index (χ2n) is 8.26. The van der Waals surface area contributed by atoms with Crippen LogP contribution < -0.4 is 10.6 Å². The summed E-state index contributed by atoms with van der Waals surface area (Å²) < 4.78 is 5.57. The minimum absolute atomic E-state index is 0.0509. The van der Waals surface area contributed by atoms with Crippen molar-refractivity contribution in [3.05, 3.63) is 102 Å². The second kappa shape index (κ2) is 10.7. The number of hydrogen-bond donors (Lipinski definition) is 3. The van der Waals surface area contributed by atoms with E-state index in [1.54, 1.807) is 12.1 Å². The molecule has 3 aromatic rings. The van der Waals surface area contributed by atoms with Gasteiger partial charge in [0.25, 0.3) is 0 Å². The van der Waals surface area contributed by atoms with E-state index in [1.807, 2.05) is 36.4 Å². The van der Waals surface area contributed by atoms with Gasteiger partial charge in [-0.2, -0.15) is 0 Å². The van der Waals surface area contributed by atoms with Crippen molar-refractivity contribution in [2.24, 2.45) is 0 Å². The van der Waals surface area contributed by atoms with Crippen molar-refractivity contribution in [3.63, 3.8) is 0 Å². The number of ether oxygens (including phenoxy) is 1. The summed E-state index contributed by atoms with van der Waals surface area (Å²) in [6.07, 6.45) is 1.77. The van der Waals surface area contributed by atoms with E-state index in [0.29, 0.717) is 18.5 Å². The molecule has 3 N–H and O–H groups in total.